The molecule has 3 heterocycles. The second-order valence-electron chi connectivity index (χ2n) is 7.75. The summed E-state index contributed by atoms with van der Waals surface area (Å²) in [4.78, 5) is 39.9. The molecule has 3 aromatic rings. The van der Waals surface area contributed by atoms with Gasteiger partial charge in [-0.2, -0.15) is 15.0 Å². The van der Waals surface area contributed by atoms with Crippen LogP contribution in [0, 0.1) is 0 Å². The molecule has 35 heavy (non-hydrogen) atoms. The summed E-state index contributed by atoms with van der Waals surface area (Å²) in [6.45, 7) is 6.88. The number of carbonyl (C=O) groups excluding carboxylic acids is 1. The standard InChI is InChI=1S/C21H18ClF3N6O4/c1-9(2)15-8-34-20(33)31(15)18-28-17(29-19(30-18)35-21(23,24)25)26-10(3)13-7-11-6-12(22)4-5-14(11)27-16(13)32/h4-7,10,15H,1,8H2,2-3H3,(H,27,32)(H,26,28,29,30)/t10-,15+/m0/s1. The van der Waals surface area contributed by atoms with E-state index in [0.29, 0.717) is 21.5 Å². The van der Waals surface area contributed by atoms with Gasteiger partial charge >= 0.3 is 18.5 Å². The van der Waals surface area contributed by atoms with Gasteiger partial charge in [0.1, 0.15) is 6.61 Å². The van der Waals surface area contributed by atoms with Gasteiger partial charge in [0.2, 0.25) is 11.9 Å². The zero-order chi connectivity index (χ0) is 25.5. The van der Waals surface area contributed by atoms with E-state index >= 15 is 0 Å². The molecule has 1 aliphatic heterocycles. The first-order chi connectivity index (χ1) is 16.4. The summed E-state index contributed by atoms with van der Waals surface area (Å²) in [5.74, 6) is -0.809. The lowest BCUT2D eigenvalue weighted by atomic mass is 10.1. The van der Waals surface area contributed by atoms with E-state index in [9.17, 15) is 22.8 Å². The van der Waals surface area contributed by atoms with Crippen LogP contribution in [-0.2, 0) is 4.74 Å². The van der Waals surface area contributed by atoms with E-state index in [1.54, 1.807) is 38.1 Å². The number of pyridine rings is 1. The summed E-state index contributed by atoms with van der Waals surface area (Å²) in [5.41, 5.74) is 0.850. The summed E-state index contributed by atoms with van der Waals surface area (Å²) in [6.07, 6.45) is -5.97. The highest BCUT2D eigenvalue weighted by Gasteiger charge is 2.39. The highest BCUT2D eigenvalue weighted by Crippen LogP contribution is 2.28. The molecule has 2 N–H and O–H groups in total. The maximum atomic E-state index is 12.9. The number of hydrogen-bond donors (Lipinski definition) is 2. The average molecular weight is 511 g/mol. The summed E-state index contributed by atoms with van der Waals surface area (Å²) in [7, 11) is 0. The number of cyclic esters (lactones) is 1. The third-order valence-corrected chi connectivity index (χ3v) is 5.35. The van der Waals surface area contributed by atoms with Gasteiger partial charge in [0.15, 0.2) is 0 Å². The van der Waals surface area contributed by atoms with E-state index < -0.39 is 42.1 Å². The summed E-state index contributed by atoms with van der Waals surface area (Å²) in [6, 6.07) is 3.92. The highest BCUT2D eigenvalue weighted by atomic mass is 35.5. The van der Waals surface area contributed by atoms with E-state index in [1.165, 1.54) is 0 Å². The van der Waals surface area contributed by atoms with Crippen molar-refractivity contribution in [2.45, 2.75) is 32.3 Å². The van der Waals surface area contributed by atoms with E-state index in [-0.39, 0.29) is 18.1 Å². The van der Waals surface area contributed by atoms with E-state index in [1.807, 2.05) is 0 Å². The van der Waals surface area contributed by atoms with Gasteiger partial charge in [-0.3, -0.25) is 4.79 Å². The Labute approximate surface area is 200 Å². The van der Waals surface area contributed by atoms with Crippen molar-refractivity contribution in [3.05, 3.63) is 57.4 Å². The lowest BCUT2D eigenvalue weighted by Gasteiger charge is -2.21. The minimum Gasteiger partial charge on any atom is -0.447 e. The van der Waals surface area contributed by atoms with Crippen molar-refractivity contribution in [1.29, 1.82) is 0 Å². The number of rotatable bonds is 6. The number of alkyl halides is 3. The van der Waals surface area contributed by atoms with Crippen LogP contribution in [0.15, 0.2) is 41.2 Å². The Bertz CT molecular complexity index is 1380. The molecule has 1 aliphatic rings. The lowest BCUT2D eigenvalue weighted by molar-refractivity contribution is -0.277. The molecule has 1 saturated heterocycles. The maximum absolute atomic E-state index is 12.9. The third-order valence-electron chi connectivity index (χ3n) is 5.11. The number of halogens is 4. The molecule has 2 atom stereocenters. The predicted molar refractivity (Wildman–Crippen MR) is 121 cm³/mol. The van der Waals surface area contributed by atoms with Gasteiger partial charge in [-0.25, -0.2) is 9.69 Å². The Morgan fingerprint density at radius 2 is 2.06 bits per heavy atom. The molecule has 0 radical (unpaired) electrons. The van der Waals surface area contributed by atoms with Gasteiger partial charge in [0.05, 0.1) is 12.1 Å². The molecule has 10 nitrogen and oxygen atoms in total. The minimum atomic E-state index is -5.10. The molecule has 0 saturated carbocycles. The van der Waals surface area contributed by atoms with Crippen LogP contribution in [0.1, 0.15) is 25.5 Å². The van der Waals surface area contributed by atoms with Crippen LogP contribution in [-0.4, -0.2) is 45.0 Å². The number of anilines is 2. The number of aromatic nitrogens is 4. The van der Waals surface area contributed by atoms with Crippen molar-refractivity contribution in [3.8, 4) is 6.01 Å². The second-order valence-corrected chi connectivity index (χ2v) is 8.19. The van der Waals surface area contributed by atoms with Gasteiger partial charge in [-0.05, 0) is 38.1 Å². The van der Waals surface area contributed by atoms with E-state index in [0.717, 1.165) is 4.90 Å². The molecule has 0 unspecified atom stereocenters. The highest BCUT2D eigenvalue weighted by molar-refractivity contribution is 6.31. The number of aromatic amines is 1. The van der Waals surface area contributed by atoms with Gasteiger partial charge in [-0.15, -0.1) is 13.2 Å². The molecular formula is C21H18ClF3N6O4. The molecule has 14 heteroatoms. The number of carbonyl (C=O) groups is 1. The topological polar surface area (TPSA) is 122 Å². The van der Waals surface area contributed by atoms with Crippen molar-refractivity contribution >= 4 is 40.5 Å². The first kappa shape index (κ1) is 24.3. The van der Waals surface area contributed by atoms with Crippen LogP contribution >= 0.6 is 11.6 Å². The second kappa shape index (κ2) is 9.06. The van der Waals surface area contributed by atoms with Crippen LogP contribution in [0.2, 0.25) is 5.02 Å². The fourth-order valence-electron chi connectivity index (χ4n) is 3.46. The van der Waals surface area contributed by atoms with Crippen LogP contribution < -0.4 is 20.5 Å². The fraction of sp³-hybridized carbons (Fsp3) is 0.286. The van der Waals surface area contributed by atoms with Crippen molar-refractivity contribution in [2.75, 3.05) is 16.8 Å². The van der Waals surface area contributed by atoms with Gasteiger partial charge < -0.3 is 19.8 Å². The normalized spacial score (nSPS) is 16.8. The van der Waals surface area contributed by atoms with Crippen LogP contribution in [0.4, 0.5) is 29.9 Å². The number of H-pyrrole nitrogens is 1. The van der Waals surface area contributed by atoms with Crippen LogP contribution in [0.5, 0.6) is 6.01 Å². The molecule has 0 aliphatic carbocycles. The molecular weight excluding hydrogens is 493 g/mol. The Morgan fingerprint density at radius 1 is 1.31 bits per heavy atom. The summed E-state index contributed by atoms with van der Waals surface area (Å²) in [5, 5.41) is 3.86. The molecule has 0 spiro atoms. The summed E-state index contributed by atoms with van der Waals surface area (Å²) < 4.78 is 47.6. The quantitative estimate of drug-likeness (QED) is 0.470. The van der Waals surface area contributed by atoms with E-state index in [2.05, 4.69) is 36.6 Å². The van der Waals surface area contributed by atoms with Gasteiger partial charge in [-0.1, -0.05) is 23.8 Å². The predicted octanol–water partition coefficient (Wildman–Crippen LogP) is 4.34. The molecule has 1 fully saturated rings. The van der Waals surface area contributed by atoms with Gasteiger partial charge in [0, 0.05) is 21.5 Å². The Hall–Kier alpha value is -3.87. The third kappa shape index (κ3) is 5.29. The van der Waals surface area contributed by atoms with Crippen molar-refractivity contribution in [1.82, 2.24) is 19.9 Å². The minimum absolute atomic E-state index is 0.0799. The largest absolute Gasteiger partial charge is 0.575 e. The smallest absolute Gasteiger partial charge is 0.447 e. The molecule has 184 valence electrons. The zero-order valence-corrected chi connectivity index (χ0v) is 19.1. The monoisotopic (exact) mass is 510 g/mol. The molecule has 1 aromatic carbocycles. The first-order valence-corrected chi connectivity index (χ1v) is 10.5. The zero-order valence-electron chi connectivity index (χ0n) is 18.3. The maximum Gasteiger partial charge on any atom is 0.575 e. The van der Waals surface area contributed by atoms with Crippen LogP contribution in [0.3, 0.4) is 0 Å². The number of nitrogens with one attached hydrogen (secondary N) is 2. The average Bonchev–Trinajstić information content (AvgIpc) is 3.14. The van der Waals surface area contributed by atoms with Crippen molar-refractivity contribution in [3.63, 3.8) is 0 Å². The Balaban J connectivity index is 1.73. The number of amides is 1. The number of ether oxygens (including phenoxy) is 2. The molecule has 2 aromatic heterocycles. The van der Waals surface area contributed by atoms with Crippen LogP contribution in [0.25, 0.3) is 10.9 Å². The number of hydrogen-bond acceptors (Lipinski definition) is 8. The summed E-state index contributed by atoms with van der Waals surface area (Å²) >= 11 is 6.03. The molecule has 4 rings (SSSR count). The SMILES string of the molecule is C=C(C)[C@H]1COC(=O)N1c1nc(N[C@@H](C)c2cc3cc(Cl)ccc3[nH]c2=O)nc(OC(F)(F)F)n1. The van der Waals surface area contributed by atoms with E-state index in [4.69, 9.17) is 16.3 Å². The number of benzene rings is 1. The molecule has 0 bridgehead atoms. The van der Waals surface area contributed by atoms with Crippen molar-refractivity contribution < 1.29 is 27.4 Å². The number of nitrogens with zero attached hydrogens (tertiary/aromatic N) is 4. The molecule has 1 amide bonds. The fourth-order valence-corrected chi connectivity index (χ4v) is 3.64. The first-order valence-electron chi connectivity index (χ1n) is 10.1. The Kier molecular flexibility index (Phi) is 6.28. The Morgan fingerprint density at radius 3 is 2.74 bits per heavy atom. The van der Waals surface area contributed by atoms with Crippen molar-refractivity contribution in [2.24, 2.45) is 0 Å². The number of fused-ring (bicyclic) bond motifs is 1. The lowest BCUT2D eigenvalue weighted by Crippen LogP contribution is -2.36. The van der Waals surface area contributed by atoms with Gasteiger partial charge in [0.25, 0.3) is 5.56 Å².